The second kappa shape index (κ2) is 9.60. The van der Waals surface area contributed by atoms with Gasteiger partial charge < -0.3 is 14.6 Å². The number of benzene rings is 3. The predicted octanol–water partition coefficient (Wildman–Crippen LogP) is 5.04. The lowest BCUT2D eigenvalue weighted by atomic mass is 10.0. The van der Waals surface area contributed by atoms with E-state index in [0.717, 1.165) is 22.3 Å². The molecule has 0 aliphatic carbocycles. The Morgan fingerprint density at radius 3 is 2.41 bits per heavy atom. The molecule has 4 heteroatoms. The molecule has 1 N–H and O–H groups in total. The van der Waals surface area contributed by atoms with Crippen molar-refractivity contribution in [2.75, 3.05) is 13.7 Å². The monoisotopic (exact) mass is 388 g/mol. The minimum Gasteiger partial charge on any atom is -0.504 e. The van der Waals surface area contributed by atoms with E-state index in [1.165, 1.54) is 13.2 Å². The molecule has 0 bridgehead atoms. The van der Waals surface area contributed by atoms with Crippen molar-refractivity contribution in [2.24, 2.45) is 0 Å². The maximum Gasteiger partial charge on any atom is 0.338 e. The Morgan fingerprint density at radius 1 is 1.00 bits per heavy atom. The molecular formula is C25H24O4. The van der Waals surface area contributed by atoms with Crippen LogP contribution in [0.1, 0.15) is 22.3 Å². The van der Waals surface area contributed by atoms with Gasteiger partial charge in [0.2, 0.25) is 0 Å². The number of hydrogen-bond donors (Lipinski definition) is 1. The van der Waals surface area contributed by atoms with Crippen LogP contribution in [0.25, 0.3) is 11.6 Å². The van der Waals surface area contributed by atoms with Crippen LogP contribution >= 0.6 is 0 Å². The highest BCUT2D eigenvalue weighted by Gasteiger charge is 2.15. The third kappa shape index (κ3) is 5.48. The number of rotatable bonds is 7. The van der Waals surface area contributed by atoms with Gasteiger partial charge in [-0.15, -0.1) is 0 Å². The Labute approximate surface area is 171 Å². The van der Waals surface area contributed by atoms with Gasteiger partial charge in [0, 0.05) is 6.42 Å². The molecule has 0 spiro atoms. The standard InChI is InChI=1S/C25H24O4/c1-18-8-11-21(12-9-18)22(16-20-10-13-23(26)24(17-20)28-2)25(27)29-15-14-19-6-4-3-5-7-19/h3-13,16-17,26H,14-15H2,1-2H3/b22-16+. The van der Waals surface area contributed by atoms with E-state index >= 15 is 0 Å². The fourth-order valence-electron chi connectivity index (χ4n) is 2.93. The smallest absolute Gasteiger partial charge is 0.338 e. The van der Waals surface area contributed by atoms with E-state index in [9.17, 15) is 9.90 Å². The number of ether oxygens (including phenoxy) is 2. The minimum absolute atomic E-state index is 0.0481. The maximum absolute atomic E-state index is 12.9. The summed E-state index contributed by atoms with van der Waals surface area (Å²) in [4.78, 5) is 12.9. The molecule has 148 valence electrons. The number of methoxy groups -OCH3 is 1. The zero-order valence-electron chi connectivity index (χ0n) is 16.6. The fourth-order valence-corrected chi connectivity index (χ4v) is 2.93. The molecule has 0 atom stereocenters. The second-order valence-corrected chi connectivity index (χ2v) is 6.73. The molecular weight excluding hydrogens is 364 g/mol. The van der Waals surface area contributed by atoms with Gasteiger partial charge in [-0.1, -0.05) is 66.2 Å². The van der Waals surface area contributed by atoms with Gasteiger partial charge in [-0.3, -0.25) is 0 Å². The van der Waals surface area contributed by atoms with Crippen molar-refractivity contribution >= 4 is 17.6 Å². The third-order valence-electron chi connectivity index (χ3n) is 4.56. The van der Waals surface area contributed by atoms with Crippen molar-refractivity contribution in [3.05, 3.63) is 95.1 Å². The summed E-state index contributed by atoms with van der Waals surface area (Å²) >= 11 is 0. The van der Waals surface area contributed by atoms with Crippen LogP contribution in [-0.2, 0) is 16.0 Å². The number of esters is 1. The van der Waals surface area contributed by atoms with Gasteiger partial charge in [-0.25, -0.2) is 4.79 Å². The topological polar surface area (TPSA) is 55.8 Å². The van der Waals surface area contributed by atoms with Crippen LogP contribution in [0.15, 0.2) is 72.8 Å². The van der Waals surface area contributed by atoms with Gasteiger partial charge in [-0.2, -0.15) is 0 Å². The third-order valence-corrected chi connectivity index (χ3v) is 4.56. The van der Waals surface area contributed by atoms with Gasteiger partial charge in [0.25, 0.3) is 0 Å². The summed E-state index contributed by atoms with van der Waals surface area (Å²) in [5, 5.41) is 9.81. The van der Waals surface area contributed by atoms with E-state index in [0.29, 0.717) is 24.4 Å². The van der Waals surface area contributed by atoms with Gasteiger partial charge in [0.15, 0.2) is 11.5 Å². The molecule has 0 aliphatic heterocycles. The molecule has 29 heavy (non-hydrogen) atoms. The normalized spacial score (nSPS) is 11.2. The predicted molar refractivity (Wildman–Crippen MR) is 115 cm³/mol. The molecule has 0 heterocycles. The van der Waals surface area contributed by atoms with Crippen molar-refractivity contribution in [3.63, 3.8) is 0 Å². The zero-order chi connectivity index (χ0) is 20.6. The maximum atomic E-state index is 12.9. The Kier molecular flexibility index (Phi) is 6.69. The van der Waals surface area contributed by atoms with E-state index in [4.69, 9.17) is 9.47 Å². The van der Waals surface area contributed by atoms with Crippen LogP contribution in [0.3, 0.4) is 0 Å². The molecule has 0 radical (unpaired) electrons. The summed E-state index contributed by atoms with van der Waals surface area (Å²) in [6, 6.07) is 22.6. The van der Waals surface area contributed by atoms with E-state index in [-0.39, 0.29) is 5.75 Å². The summed E-state index contributed by atoms with van der Waals surface area (Å²) in [5.41, 5.74) is 4.18. The van der Waals surface area contributed by atoms with Crippen LogP contribution in [0, 0.1) is 6.92 Å². The average molecular weight is 388 g/mol. The van der Waals surface area contributed by atoms with Crippen molar-refractivity contribution in [3.8, 4) is 11.5 Å². The Bertz CT molecular complexity index is 989. The zero-order valence-corrected chi connectivity index (χ0v) is 16.6. The lowest BCUT2D eigenvalue weighted by molar-refractivity contribution is -0.136. The number of carbonyl (C=O) groups excluding carboxylic acids is 1. The summed E-state index contributed by atoms with van der Waals surface area (Å²) < 4.78 is 10.7. The SMILES string of the molecule is COc1cc(/C=C(/C(=O)OCCc2ccccc2)c2ccc(C)cc2)ccc1O. The molecule has 0 saturated carbocycles. The molecule has 0 aliphatic rings. The van der Waals surface area contributed by atoms with Crippen molar-refractivity contribution in [1.82, 2.24) is 0 Å². The summed E-state index contributed by atoms with van der Waals surface area (Å²) in [7, 11) is 1.49. The average Bonchev–Trinajstić information content (AvgIpc) is 2.74. The Hall–Kier alpha value is -3.53. The van der Waals surface area contributed by atoms with Gasteiger partial charge in [0.1, 0.15) is 0 Å². The highest BCUT2D eigenvalue weighted by molar-refractivity contribution is 6.21. The number of aryl methyl sites for hydroxylation is 1. The van der Waals surface area contributed by atoms with Crippen LogP contribution in [0.4, 0.5) is 0 Å². The summed E-state index contributed by atoms with van der Waals surface area (Å²) in [6.45, 7) is 2.29. The van der Waals surface area contributed by atoms with Gasteiger partial charge in [0.05, 0.1) is 19.3 Å². The molecule has 4 nitrogen and oxygen atoms in total. The van der Waals surface area contributed by atoms with E-state index in [1.807, 2.05) is 61.5 Å². The molecule has 0 unspecified atom stereocenters. The second-order valence-electron chi connectivity index (χ2n) is 6.73. The highest BCUT2D eigenvalue weighted by Crippen LogP contribution is 2.29. The van der Waals surface area contributed by atoms with Crippen molar-refractivity contribution in [2.45, 2.75) is 13.3 Å². The fraction of sp³-hybridized carbons (Fsp3) is 0.160. The molecule has 0 aromatic heterocycles. The summed E-state index contributed by atoms with van der Waals surface area (Å²) in [6.07, 6.45) is 2.40. The number of carbonyl (C=O) groups is 1. The Balaban J connectivity index is 1.84. The van der Waals surface area contributed by atoms with Crippen LogP contribution in [-0.4, -0.2) is 24.8 Å². The molecule has 3 rings (SSSR count). The van der Waals surface area contributed by atoms with Crippen LogP contribution in [0.5, 0.6) is 11.5 Å². The number of hydrogen-bond acceptors (Lipinski definition) is 4. The van der Waals surface area contributed by atoms with Crippen molar-refractivity contribution in [1.29, 1.82) is 0 Å². The first-order chi connectivity index (χ1) is 14.1. The van der Waals surface area contributed by atoms with Crippen molar-refractivity contribution < 1.29 is 19.4 Å². The largest absolute Gasteiger partial charge is 0.504 e. The number of phenols is 1. The van der Waals surface area contributed by atoms with E-state index in [1.54, 1.807) is 18.2 Å². The van der Waals surface area contributed by atoms with Gasteiger partial charge >= 0.3 is 5.97 Å². The molecule has 0 amide bonds. The van der Waals surface area contributed by atoms with E-state index in [2.05, 4.69) is 0 Å². The highest BCUT2D eigenvalue weighted by atomic mass is 16.5. The quantitative estimate of drug-likeness (QED) is 0.350. The summed E-state index contributed by atoms with van der Waals surface area (Å²) in [5.74, 6) is 0.00301. The Morgan fingerprint density at radius 2 is 1.72 bits per heavy atom. The molecule has 3 aromatic rings. The van der Waals surface area contributed by atoms with Crippen LogP contribution in [0.2, 0.25) is 0 Å². The first kappa shape index (κ1) is 20.2. The minimum atomic E-state index is -0.392. The first-order valence-corrected chi connectivity index (χ1v) is 9.43. The molecule has 0 fully saturated rings. The molecule has 0 saturated heterocycles. The number of phenolic OH excluding ortho intramolecular Hbond substituents is 1. The van der Waals surface area contributed by atoms with Gasteiger partial charge in [-0.05, 0) is 41.8 Å². The van der Waals surface area contributed by atoms with E-state index < -0.39 is 5.97 Å². The lowest BCUT2D eigenvalue weighted by Crippen LogP contribution is -2.10. The van der Waals surface area contributed by atoms with Crippen LogP contribution < -0.4 is 4.74 Å². The first-order valence-electron chi connectivity index (χ1n) is 9.43. The molecule has 3 aromatic carbocycles. The lowest BCUT2D eigenvalue weighted by Gasteiger charge is -2.10. The number of aromatic hydroxyl groups is 1.